The van der Waals surface area contributed by atoms with Crippen LogP contribution < -0.4 is 10.2 Å². The second-order valence-corrected chi connectivity index (χ2v) is 9.35. The Labute approximate surface area is 182 Å². The van der Waals surface area contributed by atoms with Gasteiger partial charge in [-0.1, -0.05) is 44.2 Å². The van der Waals surface area contributed by atoms with Gasteiger partial charge in [-0.3, -0.25) is 4.79 Å². The predicted molar refractivity (Wildman–Crippen MR) is 122 cm³/mol. The van der Waals surface area contributed by atoms with Gasteiger partial charge in [0.25, 0.3) is 5.91 Å². The minimum Gasteiger partial charge on any atom is -0.352 e. The van der Waals surface area contributed by atoms with E-state index in [1.165, 1.54) is 22.5 Å². The van der Waals surface area contributed by atoms with Crippen LogP contribution in [0.1, 0.15) is 50.9 Å². The summed E-state index contributed by atoms with van der Waals surface area (Å²) in [6.45, 7) is 8.56. The number of pyridine rings is 1. The smallest absolute Gasteiger partial charge is 0.263 e. The molecule has 4 rings (SSSR count). The normalized spacial score (nSPS) is 13.4. The minimum atomic E-state index is -0.0586. The Kier molecular flexibility index (Phi) is 6.13. The molecular weight excluding hydrogens is 392 g/mol. The summed E-state index contributed by atoms with van der Waals surface area (Å²) >= 11 is 1.50. The highest BCUT2D eigenvalue weighted by molar-refractivity contribution is 7.13. The van der Waals surface area contributed by atoms with Gasteiger partial charge in [0, 0.05) is 32.3 Å². The minimum absolute atomic E-state index is 0.0586. The Morgan fingerprint density at radius 3 is 2.73 bits per heavy atom. The second kappa shape index (κ2) is 8.96. The summed E-state index contributed by atoms with van der Waals surface area (Å²) in [6.07, 6.45) is 3.81. The first-order valence-corrected chi connectivity index (χ1v) is 11.3. The number of nitrogens with one attached hydrogen (secondary N) is 1. The molecule has 1 N–H and O–H groups in total. The van der Waals surface area contributed by atoms with Crippen LogP contribution in [-0.4, -0.2) is 22.4 Å². The van der Waals surface area contributed by atoms with Crippen molar-refractivity contribution in [3.05, 3.63) is 74.9 Å². The molecule has 0 atom stereocenters. The maximum absolute atomic E-state index is 12.6. The Bertz CT molecular complexity index is 1030. The quantitative estimate of drug-likeness (QED) is 0.636. The van der Waals surface area contributed by atoms with E-state index in [0.29, 0.717) is 17.3 Å². The maximum Gasteiger partial charge on any atom is 0.263 e. The van der Waals surface area contributed by atoms with Crippen molar-refractivity contribution in [2.75, 3.05) is 11.4 Å². The monoisotopic (exact) mass is 420 g/mol. The number of aromatic nitrogens is 2. The number of fused-ring (bicyclic) bond motifs is 1. The molecule has 0 aliphatic carbocycles. The molecule has 30 heavy (non-hydrogen) atoms. The summed E-state index contributed by atoms with van der Waals surface area (Å²) in [5.74, 6) is 1.46. The number of thiazole rings is 1. The highest BCUT2D eigenvalue weighted by Crippen LogP contribution is 2.23. The lowest BCUT2D eigenvalue weighted by molar-refractivity contribution is 0.0954. The Hall–Kier alpha value is -2.73. The SMILES string of the molecule is Cc1nc(CC(C)C)sc1C(=O)NCc1ccc(N2CCc3ccccc3C2)nc1. The molecule has 2 aromatic heterocycles. The first-order chi connectivity index (χ1) is 14.5. The summed E-state index contributed by atoms with van der Waals surface area (Å²) in [5.41, 5.74) is 4.61. The van der Waals surface area contributed by atoms with Crippen molar-refractivity contribution in [1.82, 2.24) is 15.3 Å². The van der Waals surface area contributed by atoms with E-state index in [-0.39, 0.29) is 5.91 Å². The fourth-order valence-corrected chi connectivity index (χ4v) is 4.95. The Balaban J connectivity index is 1.35. The van der Waals surface area contributed by atoms with Crippen LogP contribution in [0.3, 0.4) is 0 Å². The number of hydrogen-bond acceptors (Lipinski definition) is 5. The van der Waals surface area contributed by atoms with Crippen molar-refractivity contribution < 1.29 is 4.79 Å². The highest BCUT2D eigenvalue weighted by Gasteiger charge is 2.18. The molecule has 3 aromatic rings. The fourth-order valence-electron chi connectivity index (χ4n) is 3.76. The molecule has 0 spiro atoms. The van der Waals surface area contributed by atoms with E-state index >= 15 is 0 Å². The maximum atomic E-state index is 12.6. The molecule has 1 aromatic carbocycles. The molecule has 1 amide bonds. The summed E-state index contributed by atoms with van der Waals surface area (Å²) in [4.78, 5) is 24.8. The van der Waals surface area contributed by atoms with Crippen LogP contribution in [0.25, 0.3) is 0 Å². The van der Waals surface area contributed by atoms with Gasteiger partial charge in [-0.05, 0) is 42.0 Å². The molecule has 156 valence electrons. The molecule has 1 aliphatic heterocycles. The lowest BCUT2D eigenvalue weighted by atomic mass is 10.00. The predicted octanol–water partition coefficient (Wildman–Crippen LogP) is 4.54. The van der Waals surface area contributed by atoms with E-state index in [2.05, 4.69) is 58.3 Å². The third kappa shape index (κ3) is 4.70. The largest absolute Gasteiger partial charge is 0.352 e. The summed E-state index contributed by atoms with van der Waals surface area (Å²) in [7, 11) is 0. The van der Waals surface area contributed by atoms with Crippen LogP contribution in [0.5, 0.6) is 0 Å². The number of amides is 1. The first kappa shape index (κ1) is 20.5. The second-order valence-electron chi connectivity index (χ2n) is 8.27. The van der Waals surface area contributed by atoms with E-state index in [1.54, 1.807) is 0 Å². The van der Waals surface area contributed by atoms with E-state index < -0.39 is 0 Å². The van der Waals surface area contributed by atoms with Gasteiger partial charge in [0.2, 0.25) is 0 Å². The number of carbonyl (C=O) groups excluding carboxylic acids is 1. The third-order valence-corrected chi connectivity index (χ3v) is 6.53. The molecule has 0 fully saturated rings. The summed E-state index contributed by atoms with van der Waals surface area (Å²) < 4.78 is 0. The molecule has 3 heterocycles. The molecule has 5 nitrogen and oxygen atoms in total. The Morgan fingerprint density at radius 1 is 1.20 bits per heavy atom. The van der Waals surface area contributed by atoms with Gasteiger partial charge < -0.3 is 10.2 Å². The Morgan fingerprint density at radius 2 is 2.00 bits per heavy atom. The van der Waals surface area contributed by atoms with Gasteiger partial charge in [-0.25, -0.2) is 9.97 Å². The van der Waals surface area contributed by atoms with Gasteiger partial charge >= 0.3 is 0 Å². The average molecular weight is 421 g/mol. The molecular formula is C24H28N4OS. The lowest BCUT2D eigenvalue weighted by Gasteiger charge is -2.29. The van der Waals surface area contributed by atoms with Gasteiger partial charge in [0.05, 0.1) is 10.7 Å². The number of anilines is 1. The topological polar surface area (TPSA) is 58.1 Å². The van der Waals surface area contributed by atoms with Crippen molar-refractivity contribution >= 4 is 23.1 Å². The zero-order valence-electron chi connectivity index (χ0n) is 17.8. The van der Waals surface area contributed by atoms with Crippen molar-refractivity contribution in [1.29, 1.82) is 0 Å². The van der Waals surface area contributed by atoms with Crippen LogP contribution in [0.4, 0.5) is 5.82 Å². The van der Waals surface area contributed by atoms with Gasteiger partial charge in [0.1, 0.15) is 10.7 Å². The molecule has 0 saturated heterocycles. The number of nitrogens with zero attached hydrogens (tertiary/aromatic N) is 3. The van der Waals surface area contributed by atoms with Gasteiger partial charge in [0.15, 0.2) is 0 Å². The zero-order valence-corrected chi connectivity index (χ0v) is 18.6. The summed E-state index contributed by atoms with van der Waals surface area (Å²) in [5, 5.41) is 4.04. The number of aryl methyl sites for hydroxylation is 1. The van der Waals surface area contributed by atoms with E-state index in [1.807, 2.05) is 25.3 Å². The molecule has 0 radical (unpaired) electrons. The molecule has 6 heteroatoms. The third-order valence-electron chi connectivity index (χ3n) is 5.35. The van der Waals surface area contributed by atoms with Crippen molar-refractivity contribution in [2.45, 2.75) is 46.7 Å². The first-order valence-electron chi connectivity index (χ1n) is 10.5. The van der Waals surface area contributed by atoms with Crippen LogP contribution in [0.2, 0.25) is 0 Å². The van der Waals surface area contributed by atoms with Crippen molar-refractivity contribution in [2.24, 2.45) is 5.92 Å². The standard InChI is InChI=1S/C24H28N4OS/c1-16(2)12-22-27-17(3)23(30-22)24(29)26-14-18-8-9-21(25-13-18)28-11-10-19-6-4-5-7-20(19)15-28/h4-9,13,16H,10-12,14-15H2,1-3H3,(H,26,29). The van der Waals surface area contributed by atoms with Crippen LogP contribution >= 0.6 is 11.3 Å². The number of benzene rings is 1. The fraction of sp³-hybridized carbons (Fsp3) is 0.375. The molecule has 0 saturated carbocycles. The molecule has 1 aliphatic rings. The van der Waals surface area contributed by atoms with Crippen molar-refractivity contribution in [3.63, 3.8) is 0 Å². The van der Waals surface area contributed by atoms with Crippen molar-refractivity contribution in [3.8, 4) is 0 Å². The lowest BCUT2D eigenvalue weighted by Crippen LogP contribution is -2.31. The average Bonchev–Trinajstić information content (AvgIpc) is 3.11. The van der Waals surface area contributed by atoms with Crippen LogP contribution in [-0.2, 0) is 25.9 Å². The molecule has 0 unspecified atom stereocenters. The highest BCUT2D eigenvalue weighted by atomic mass is 32.1. The van der Waals surface area contributed by atoms with Gasteiger partial charge in [-0.15, -0.1) is 11.3 Å². The van der Waals surface area contributed by atoms with E-state index in [0.717, 1.165) is 48.0 Å². The summed E-state index contributed by atoms with van der Waals surface area (Å²) in [6, 6.07) is 12.7. The molecule has 0 bridgehead atoms. The van der Waals surface area contributed by atoms with Crippen LogP contribution in [0.15, 0.2) is 42.6 Å². The number of rotatable bonds is 6. The number of carbonyl (C=O) groups is 1. The number of hydrogen-bond donors (Lipinski definition) is 1. The van der Waals surface area contributed by atoms with E-state index in [9.17, 15) is 4.79 Å². The van der Waals surface area contributed by atoms with E-state index in [4.69, 9.17) is 0 Å². The van der Waals surface area contributed by atoms with Gasteiger partial charge in [-0.2, -0.15) is 0 Å². The zero-order chi connectivity index (χ0) is 21.1. The van der Waals surface area contributed by atoms with Crippen LogP contribution in [0, 0.1) is 12.8 Å².